The van der Waals surface area contributed by atoms with Gasteiger partial charge < -0.3 is 107 Å². The van der Waals surface area contributed by atoms with Crippen LogP contribution < -0.4 is 87.2 Å². The van der Waals surface area contributed by atoms with Gasteiger partial charge in [-0.1, -0.05) is 69.5 Å². The molecule has 2 aromatic heterocycles. The summed E-state index contributed by atoms with van der Waals surface area (Å²) in [6.45, 7) is 6.63. The Morgan fingerprint density at radius 3 is 1.73 bits per heavy atom. The third-order valence-electron chi connectivity index (χ3n) is 19.3. The third-order valence-corrected chi connectivity index (χ3v) is 20.6. The minimum Gasteiger partial charge on any atom is -0.481 e. The van der Waals surface area contributed by atoms with Gasteiger partial charge in [-0.15, -0.1) is 12.1 Å². The van der Waals surface area contributed by atoms with Gasteiger partial charge in [0.2, 0.25) is 82.7 Å². The van der Waals surface area contributed by atoms with Crippen molar-refractivity contribution in [1.29, 1.82) is 5.41 Å². The molecule has 14 amide bonds. The Labute approximate surface area is 695 Å². The first kappa shape index (κ1) is 98.4. The molecule has 3 heterocycles. The molecule has 642 valence electrons. The average Bonchev–Trinajstić information content (AvgIpc) is 1.64. The van der Waals surface area contributed by atoms with Crippen LogP contribution in [0.3, 0.4) is 0 Å². The van der Waals surface area contributed by atoms with Crippen molar-refractivity contribution < 1.29 is 99.2 Å². The first-order chi connectivity index (χ1) is 55.1. The molecule has 6 rings (SSSR count). The summed E-state index contributed by atoms with van der Waals surface area (Å²) in [5.74, 6) is -16.3. The zero-order valence-corrected chi connectivity index (χ0v) is 68.9. The number of rotatable bonds is 48. The number of aromatic nitrogens is 4. The number of aliphatic hydroxyl groups is 1. The number of carbonyl (C=O) groups excluding carboxylic acids is 14. The maximum absolute atomic E-state index is 15.6. The number of aliphatic hydroxyl groups excluding tert-OH is 1. The topological polar surface area (TPSA) is 633 Å². The van der Waals surface area contributed by atoms with Gasteiger partial charge in [-0.3, -0.25) is 82.0 Å². The van der Waals surface area contributed by atoms with Crippen LogP contribution in [-0.2, 0) is 95.4 Å². The summed E-state index contributed by atoms with van der Waals surface area (Å²) in [6.07, 6.45) is 4.27. The number of aromatic amines is 1. The van der Waals surface area contributed by atoms with E-state index in [1.807, 2.05) is 30.3 Å². The van der Waals surface area contributed by atoms with Crippen LogP contribution in [0.1, 0.15) is 117 Å². The average molecular weight is 1710 g/mol. The van der Waals surface area contributed by atoms with Gasteiger partial charge in [0.05, 0.1) is 31.5 Å². The number of guanidine groups is 1. The summed E-state index contributed by atoms with van der Waals surface area (Å²) >= 11 is 2.77. The molecule has 0 bridgehead atoms. The Hall–Kier alpha value is -10.9. The molecule has 3 aromatic carbocycles. The zero-order chi connectivity index (χ0) is 85.9. The number of nitrogens with two attached hydrogens (primary N) is 5. The SMILES string of the molecule is CC[C@@H](C)[C@H](NC(=O)[C@H](CC(N)=O)NC(=O)[C@H](CC(N)=O)NC(=O)[C@@H](NC(=O)[C@@H](N)CCCNC(=N)N)[C@@H](C)CC)C(=O)N1C[C@@H](n2cc(-[c-]3cccc3)nn2)C[C@H]1C(=O)N[C@@H](Cc1c[nH]c2ccccc12)C(=O)N[C@@H](CO)C(=O)N[C@@H](CCC(=O)O)C(=O)N[C@@H](C)C(=O)N[C@@H](CCSC)C(=O)N[C@@H](CCSC)C(N)=O.[Fe+2].c1cc[cH-]c1. The molecule has 39 nitrogen and oxygen atoms in total. The molecule has 5 aromatic rings. The molecule has 1 aliphatic heterocycles. The Kier molecular flexibility index (Phi) is 41.9. The maximum Gasteiger partial charge on any atom is 2.00 e. The van der Waals surface area contributed by atoms with Gasteiger partial charge in [0, 0.05) is 55.1 Å². The second kappa shape index (κ2) is 49.9. The molecule has 117 heavy (non-hydrogen) atoms. The smallest absolute Gasteiger partial charge is 0.481 e. The van der Waals surface area contributed by atoms with Crippen molar-refractivity contribution in [2.45, 2.75) is 190 Å². The standard InChI is InChI=1S/C70H105N22O17S2.C5H5.Fe/c1-8-35(3)56(87-60(100)42(71)18-14-24-77-70(75)76)68(108)85-48(29-53(72)94)64(104)83-49(30-54(73)95)65(105)88-57(36(4)9-2)69(109)91-32-40(92-33-50(89-90-92)38-15-10-11-16-38)28-52(91)67(107)84-47(27-39-31-78-43-19-13-12-17-41(39)43)63(103)86-51(34-93)66(106)82-45(20-21-55(96)97)61(101)79-37(5)59(99)81-46(23-26-111-7)62(102)80-44(58(74)98)22-25-110-6;1-2-4-5-3-1;/h10-13,15-17,19,31,33,35-37,40,42,44-49,51-52,56-57,78,93H,8-9,14,18,20-30,32,34,71H2,1-7H3,(H2,72,94)(H2,73,95)(H2,74,98)(H,79,101)(H,80,102)(H,81,99)(H,82,106)(H,83,104)(H,84,107)(H,85,108)(H,86,103)(H,87,100)(H,88,105)(H,96,97)(H4,75,76,77);1-5H;/q2*-1;+2/t35-,36+,37-,40-,42-,44-,45-,46-,47-,48-,49-,51-,52-,56-,57-;;/m0../s1. The minimum atomic E-state index is -1.93. The number of amides is 14. The molecule has 0 unspecified atom stereocenters. The van der Waals surface area contributed by atoms with E-state index in [0.717, 1.165) is 4.90 Å². The number of H-pyrrole nitrogens is 1. The molecule has 1 saturated heterocycles. The van der Waals surface area contributed by atoms with Crippen LogP contribution in [0.25, 0.3) is 22.2 Å². The largest absolute Gasteiger partial charge is 2.00 e. The third kappa shape index (κ3) is 31.6. The van der Waals surface area contributed by atoms with E-state index < -0.39 is 211 Å². The number of likely N-dealkylation sites (tertiary alicyclic amines) is 1. The van der Waals surface area contributed by atoms with Crippen molar-refractivity contribution in [3.8, 4) is 11.3 Å². The van der Waals surface area contributed by atoms with Gasteiger partial charge in [-0.05, 0) is 92.7 Å². The van der Waals surface area contributed by atoms with Gasteiger partial charge in [0.25, 0.3) is 0 Å². The predicted octanol–water partition coefficient (Wildman–Crippen LogP) is -2.92. The van der Waals surface area contributed by atoms with Crippen LogP contribution in [0, 0.1) is 17.2 Å². The molecule has 1 aliphatic rings. The van der Waals surface area contributed by atoms with Crippen molar-refractivity contribution in [3.63, 3.8) is 0 Å². The molecule has 42 heteroatoms. The number of nitrogens with zero attached hydrogens (tertiary/aromatic N) is 4. The van der Waals surface area contributed by atoms with E-state index in [2.05, 4.69) is 73.8 Å². The van der Waals surface area contributed by atoms with E-state index in [1.54, 1.807) is 101 Å². The number of primary amides is 3. The zero-order valence-electron chi connectivity index (χ0n) is 66.2. The Morgan fingerprint density at radius 2 is 1.15 bits per heavy atom. The van der Waals surface area contributed by atoms with Gasteiger partial charge in [0.15, 0.2) is 5.96 Å². The van der Waals surface area contributed by atoms with E-state index in [-0.39, 0.29) is 74.6 Å². The van der Waals surface area contributed by atoms with E-state index in [0.29, 0.717) is 52.1 Å². The van der Waals surface area contributed by atoms with Crippen LogP contribution in [0.5, 0.6) is 0 Å². The van der Waals surface area contributed by atoms with Crippen molar-refractivity contribution in [2.24, 2.45) is 40.5 Å². The number of para-hydroxylation sites is 1. The van der Waals surface area contributed by atoms with Gasteiger partial charge in [-0.2, -0.15) is 59.0 Å². The number of hydrogen-bond acceptors (Lipinski definition) is 22. The fourth-order valence-electron chi connectivity index (χ4n) is 12.3. The summed E-state index contributed by atoms with van der Waals surface area (Å²) in [7, 11) is 0. The number of aliphatic carboxylic acids is 1. The van der Waals surface area contributed by atoms with Crippen LogP contribution in [-0.4, -0.2) is 246 Å². The van der Waals surface area contributed by atoms with E-state index in [1.165, 1.54) is 35.1 Å². The Balaban J connectivity index is 0.00000461. The van der Waals surface area contributed by atoms with Gasteiger partial charge in [0.1, 0.15) is 66.5 Å². The Bertz CT molecular complexity index is 4130. The first-order valence-corrected chi connectivity index (χ1v) is 40.6. The molecule has 25 N–H and O–H groups in total. The number of hydrogen-bond donors (Lipinski definition) is 20. The summed E-state index contributed by atoms with van der Waals surface area (Å²) in [5, 5.41) is 64.7. The van der Waals surface area contributed by atoms with Crippen molar-refractivity contribution >= 4 is 129 Å². The van der Waals surface area contributed by atoms with Crippen LogP contribution in [0.2, 0.25) is 0 Å². The summed E-state index contributed by atoms with van der Waals surface area (Å²) < 4.78 is 1.43. The molecular weight excluding hydrogens is 1600 g/mol. The van der Waals surface area contributed by atoms with Crippen molar-refractivity contribution in [2.75, 3.05) is 43.7 Å². The van der Waals surface area contributed by atoms with Crippen LogP contribution >= 0.6 is 23.5 Å². The molecule has 15 atom stereocenters. The van der Waals surface area contributed by atoms with Gasteiger partial charge in [-0.25, -0.2) is 12.1 Å². The van der Waals surface area contributed by atoms with Crippen molar-refractivity contribution in [3.05, 3.63) is 96.8 Å². The normalized spacial score (nSPS) is 16.3. The quantitative estimate of drug-likeness (QED) is 0.00610. The second-order valence-electron chi connectivity index (χ2n) is 28.1. The fourth-order valence-corrected chi connectivity index (χ4v) is 13.2. The number of benzene rings is 1. The Morgan fingerprint density at radius 1 is 0.632 bits per heavy atom. The number of fused-ring (bicyclic) bond motifs is 1. The fraction of sp³-hybridized carbons (Fsp3) is 0.520. The molecule has 0 radical (unpaired) electrons. The minimum absolute atomic E-state index is 0. The molecule has 1 fully saturated rings. The van der Waals surface area contributed by atoms with E-state index in [9.17, 15) is 72.5 Å². The maximum atomic E-state index is 15.6. The van der Waals surface area contributed by atoms with E-state index >= 15 is 9.59 Å². The number of carboxylic acids is 1. The molecule has 0 aliphatic carbocycles. The van der Waals surface area contributed by atoms with E-state index in [4.69, 9.17) is 34.1 Å². The summed E-state index contributed by atoms with van der Waals surface area (Å²) in [6, 6.07) is 4.74. The number of nitrogens with one attached hydrogen (secondary N) is 13. The predicted molar refractivity (Wildman–Crippen MR) is 432 cm³/mol. The van der Waals surface area contributed by atoms with Crippen molar-refractivity contribution in [1.82, 2.24) is 83.4 Å². The monoisotopic (exact) mass is 1710 g/mol. The number of carbonyl (C=O) groups is 15. The molecular formula is C75H110FeN22O17S2. The first-order valence-electron chi connectivity index (χ1n) is 37.8. The summed E-state index contributed by atoms with van der Waals surface area (Å²) in [4.78, 5) is 212. The molecule has 0 saturated carbocycles. The van der Waals surface area contributed by atoms with Gasteiger partial charge >= 0.3 is 23.0 Å². The number of thioether (sulfide) groups is 2. The molecule has 0 spiro atoms. The van der Waals surface area contributed by atoms with Crippen LogP contribution in [0.15, 0.2) is 91.3 Å². The van der Waals surface area contributed by atoms with Crippen LogP contribution in [0.4, 0.5) is 0 Å². The number of carboxylic acid groups (broad SMARTS) is 1. The second-order valence-corrected chi connectivity index (χ2v) is 30.1. The summed E-state index contributed by atoms with van der Waals surface area (Å²) in [5.41, 5.74) is 30.4.